The van der Waals surface area contributed by atoms with Crippen LogP contribution in [0.4, 0.5) is 28.8 Å². The van der Waals surface area contributed by atoms with Gasteiger partial charge in [-0.2, -0.15) is 4.98 Å². The average Bonchev–Trinajstić information content (AvgIpc) is 2.69. The van der Waals surface area contributed by atoms with Gasteiger partial charge in [0.15, 0.2) is 5.82 Å². The van der Waals surface area contributed by atoms with E-state index in [0.717, 1.165) is 11.9 Å². The van der Waals surface area contributed by atoms with E-state index < -0.39 is 10.0 Å². The number of hydrogen-bond donors (Lipinski definition) is 4. The average molecular weight is 449 g/mol. The van der Waals surface area contributed by atoms with Crippen molar-refractivity contribution in [1.82, 2.24) is 9.97 Å². The molecule has 0 aliphatic rings. The number of halogens is 1. The Balaban J connectivity index is 1.82. The topological polar surface area (TPSA) is 131 Å². The second-order valence-electron chi connectivity index (χ2n) is 6.22. The highest BCUT2D eigenvalue weighted by atomic mass is 35.5. The van der Waals surface area contributed by atoms with Crippen LogP contribution in [0, 0.1) is 0 Å². The maximum Gasteiger partial charge on any atom is 0.229 e. The summed E-state index contributed by atoms with van der Waals surface area (Å²) < 4.78 is 31.2. The third-order valence-corrected chi connectivity index (χ3v) is 4.56. The quantitative estimate of drug-likeness (QED) is 0.392. The molecule has 9 nitrogen and oxygen atoms in total. The zero-order valence-corrected chi connectivity index (χ0v) is 17.7. The maximum absolute atomic E-state index is 11.6. The number of rotatable bonds is 9. The largest absolute Gasteiger partial charge is 0.492 e. The molecule has 11 heteroatoms. The van der Waals surface area contributed by atoms with Gasteiger partial charge in [-0.05, 0) is 24.3 Å². The summed E-state index contributed by atoms with van der Waals surface area (Å²) in [4.78, 5) is 8.57. The number of nitrogens with two attached hydrogens (primary N) is 1. The van der Waals surface area contributed by atoms with Gasteiger partial charge in [0, 0.05) is 18.3 Å². The van der Waals surface area contributed by atoms with Gasteiger partial charge in [0.25, 0.3) is 0 Å². The summed E-state index contributed by atoms with van der Waals surface area (Å²) in [5.74, 6) is 1.28. The van der Waals surface area contributed by atoms with E-state index in [9.17, 15) is 8.42 Å². The lowest BCUT2D eigenvalue weighted by Crippen LogP contribution is -2.11. The number of sulfonamides is 1. The molecular weight excluding hydrogens is 428 g/mol. The smallest absolute Gasteiger partial charge is 0.229 e. The maximum atomic E-state index is 11.6. The number of hydrogen-bond acceptors (Lipinski definition) is 8. The normalized spacial score (nSPS) is 11.0. The molecule has 0 fully saturated rings. The number of nitrogens with zero attached hydrogens (tertiary/aromatic N) is 2. The highest BCUT2D eigenvalue weighted by molar-refractivity contribution is 7.92. The molecule has 0 radical (unpaired) electrons. The fourth-order valence-electron chi connectivity index (χ4n) is 2.49. The predicted octanol–water partition coefficient (Wildman–Crippen LogP) is 3.33. The SMILES string of the molecule is CS(=O)(=O)Nc1ccccc1Nc1nc(Nc2cccc(OCCN)c2)ncc1Cl. The van der Waals surface area contributed by atoms with Crippen LogP contribution in [0.25, 0.3) is 0 Å². The van der Waals surface area contributed by atoms with Gasteiger partial charge in [0.2, 0.25) is 16.0 Å². The third-order valence-electron chi connectivity index (χ3n) is 3.70. The molecule has 30 heavy (non-hydrogen) atoms. The molecule has 5 N–H and O–H groups in total. The lowest BCUT2D eigenvalue weighted by molar-refractivity contribution is 0.328. The molecule has 0 saturated carbocycles. The molecule has 2 aromatic carbocycles. The predicted molar refractivity (Wildman–Crippen MR) is 120 cm³/mol. The Labute approximate surface area is 179 Å². The Bertz CT molecular complexity index is 1130. The van der Waals surface area contributed by atoms with Gasteiger partial charge in [-0.25, -0.2) is 13.4 Å². The molecule has 0 saturated heterocycles. The van der Waals surface area contributed by atoms with Gasteiger partial charge < -0.3 is 21.1 Å². The third kappa shape index (κ3) is 6.21. The minimum absolute atomic E-state index is 0.273. The summed E-state index contributed by atoms with van der Waals surface area (Å²) in [7, 11) is -3.45. The molecule has 0 spiro atoms. The summed E-state index contributed by atoms with van der Waals surface area (Å²) in [6.07, 6.45) is 2.52. The van der Waals surface area contributed by atoms with Crippen LogP contribution in [0.5, 0.6) is 5.75 Å². The van der Waals surface area contributed by atoms with Gasteiger partial charge in [0.05, 0.1) is 23.8 Å². The molecule has 3 rings (SSSR count). The van der Waals surface area contributed by atoms with Crippen molar-refractivity contribution in [3.05, 3.63) is 59.8 Å². The lowest BCUT2D eigenvalue weighted by atomic mass is 10.2. The van der Waals surface area contributed by atoms with Crippen LogP contribution < -0.4 is 25.8 Å². The molecule has 1 aromatic heterocycles. The Morgan fingerprint density at radius 3 is 2.60 bits per heavy atom. The highest BCUT2D eigenvalue weighted by Crippen LogP contribution is 2.30. The van der Waals surface area contributed by atoms with E-state index in [1.165, 1.54) is 6.20 Å². The molecule has 0 aliphatic carbocycles. The van der Waals surface area contributed by atoms with Crippen LogP contribution in [0.2, 0.25) is 5.02 Å². The zero-order valence-electron chi connectivity index (χ0n) is 16.1. The molecule has 0 atom stereocenters. The van der Waals surface area contributed by atoms with E-state index >= 15 is 0 Å². The van der Waals surface area contributed by atoms with E-state index in [-0.39, 0.29) is 5.02 Å². The van der Waals surface area contributed by atoms with E-state index in [4.69, 9.17) is 22.1 Å². The first kappa shape index (κ1) is 21.6. The Morgan fingerprint density at radius 1 is 1.10 bits per heavy atom. The second kappa shape index (κ2) is 9.61. The van der Waals surface area contributed by atoms with Crippen molar-refractivity contribution in [2.75, 3.05) is 34.8 Å². The van der Waals surface area contributed by atoms with Crippen molar-refractivity contribution in [2.45, 2.75) is 0 Å². The number of ether oxygens (including phenoxy) is 1. The molecular formula is C19H21ClN6O3S. The van der Waals surface area contributed by atoms with Gasteiger partial charge >= 0.3 is 0 Å². The van der Waals surface area contributed by atoms with Crippen LogP contribution in [-0.2, 0) is 10.0 Å². The van der Waals surface area contributed by atoms with Gasteiger partial charge in [-0.3, -0.25) is 4.72 Å². The number of aromatic nitrogens is 2. The summed E-state index contributed by atoms with van der Waals surface area (Å²) in [6.45, 7) is 0.832. The number of anilines is 5. The van der Waals surface area contributed by atoms with E-state index in [0.29, 0.717) is 42.0 Å². The zero-order chi connectivity index (χ0) is 21.6. The van der Waals surface area contributed by atoms with Crippen LogP contribution in [0.3, 0.4) is 0 Å². The summed E-state index contributed by atoms with van der Waals surface area (Å²) in [5, 5.41) is 6.40. The summed E-state index contributed by atoms with van der Waals surface area (Å²) >= 11 is 6.23. The first-order valence-electron chi connectivity index (χ1n) is 8.90. The molecule has 3 aromatic rings. The first-order chi connectivity index (χ1) is 14.3. The molecule has 158 valence electrons. The fourth-order valence-corrected chi connectivity index (χ4v) is 3.21. The van der Waals surface area contributed by atoms with Crippen LogP contribution in [-0.4, -0.2) is 37.8 Å². The number of para-hydroxylation sites is 2. The van der Waals surface area contributed by atoms with Gasteiger partial charge in [-0.15, -0.1) is 0 Å². The molecule has 0 aliphatic heterocycles. The standard InChI is InChI=1S/C19H21ClN6O3S/c1-30(27,28)26-17-8-3-2-7-16(17)24-18-15(20)12-22-19(25-18)23-13-5-4-6-14(11-13)29-10-9-21/h2-8,11-12,26H,9-10,21H2,1H3,(H2,22,23,24,25). The fraction of sp³-hybridized carbons (Fsp3) is 0.158. The van der Waals surface area contributed by atoms with Gasteiger partial charge in [0.1, 0.15) is 17.4 Å². The molecule has 0 amide bonds. The minimum Gasteiger partial charge on any atom is -0.492 e. The number of nitrogens with one attached hydrogen (secondary N) is 3. The van der Waals surface area contributed by atoms with Crippen molar-refractivity contribution in [1.29, 1.82) is 0 Å². The number of benzene rings is 2. The lowest BCUT2D eigenvalue weighted by Gasteiger charge is -2.14. The second-order valence-corrected chi connectivity index (χ2v) is 8.38. The summed E-state index contributed by atoms with van der Waals surface area (Å²) in [6, 6.07) is 14.1. The van der Waals surface area contributed by atoms with E-state index in [1.807, 2.05) is 18.2 Å². The van der Waals surface area contributed by atoms with Crippen LogP contribution in [0.15, 0.2) is 54.7 Å². The van der Waals surface area contributed by atoms with Gasteiger partial charge in [-0.1, -0.05) is 29.8 Å². The highest BCUT2D eigenvalue weighted by Gasteiger charge is 2.11. The summed E-state index contributed by atoms with van der Waals surface area (Å²) in [5.41, 5.74) is 7.04. The van der Waals surface area contributed by atoms with Crippen molar-refractivity contribution < 1.29 is 13.2 Å². The first-order valence-corrected chi connectivity index (χ1v) is 11.2. The van der Waals surface area contributed by atoms with Crippen molar-refractivity contribution >= 4 is 50.5 Å². The van der Waals surface area contributed by atoms with Crippen LogP contribution >= 0.6 is 11.6 Å². The Hall–Kier alpha value is -3.08. The molecule has 0 unspecified atom stereocenters. The monoisotopic (exact) mass is 448 g/mol. The minimum atomic E-state index is -3.45. The molecule has 0 bridgehead atoms. The van der Waals surface area contributed by atoms with Crippen molar-refractivity contribution in [3.8, 4) is 5.75 Å². The Kier molecular flexibility index (Phi) is 6.93. The Morgan fingerprint density at radius 2 is 1.87 bits per heavy atom. The van der Waals surface area contributed by atoms with E-state index in [2.05, 4.69) is 25.3 Å². The molecule has 1 heterocycles. The van der Waals surface area contributed by atoms with E-state index in [1.54, 1.807) is 30.3 Å². The van der Waals surface area contributed by atoms with Crippen molar-refractivity contribution in [3.63, 3.8) is 0 Å². The van der Waals surface area contributed by atoms with Crippen molar-refractivity contribution in [2.24, 2.45) is 5.73 Å². The van der Waals surface area contributed by atoms with Crippen LogP contribution in [0.1, 0.15) is 0 Å².